The normalized spacial score (nSPS) is 24.7. The van der Waals surface area contributed by atoms with E-state index in [9.17, 15) is 13.2 Å². The van der Waals surface area contributed by atoms with Crippen molar-refractivity contribution in [1.82, 2.24) is 19.9 Å². The second kappa shape index (κ2) is 6.81. The Kier molecular flexibility index (Phi) is 4.64. The zero-order valence-electron chi connectivity index (χ0n) is 15.0. The molecule has 0 unspecified atom stereocenters. The molecule has 26 heavy (non-hydrogen) atoms. The zero-order valence-corrected chi connectivity index (χ0v) is 15.9. The van der Waals surface area contributed by atoms with Crippen molar-refractivity contribution in [2.75, 3.05) is 5.75 Å². The average Bonchev–Trinajstić information content (AvgIpc) is 2.92. The van der Waals surface area contributed by atoms with Gasteiger partial charge in [-0.15, -0.1) is 0 Å². The molecule has 2 aromatic rings. The minimum Gasteiger partial charge on any atom is -0.305 e. The highest BCUT2D eigenvalue weighted by Crippen LogP contribution is 2.36. The van der Waals surface area contributed by atoms with E-state index in [1.165, 1.54) is 0 Å². The van der Waals surface area contributed by atoms with Crippen molar-refractivity contribution in [3.63, 3.8) is 0 Å². The first kappa shape index (κ1) is 17.7. The average molecular weight is 378 g/mol. The van der Waals surface area contributed by atoms with E-state index in [4.69, 9.17) is 0 Å². The summed E-state index contributed by atoms with van der Waals surface area (Å²) in [5.41, 5.74) is 2.45. The molecule has 2 aromatic heterocycles. The molecule has 0 bridgehead atoms. The van der Waals surface area contributed by atoms with Crippen LogP contribution in [0.25, 0.3) is 11.0 Å². The minimum absolute atomic E-state index is 0.0132. The number of hydrogen-bond acceptors (Lipinski definition) is 4. The molecule has 0 saturated heterocycles. The van der Waals surface area contributed by atoms with E-state index < -0.39 is 10.0 Å². The van der Waals surface area contributed by atoms with Crippen molar-refractivity contribution in [1.29, 1.82) is 0 Å². The molecule has 0 aliphatic heterocycles. The summed E-state index contributed by atoms with van der Waals surface area (Å²) in [7, 11) is -3.18. The molecule has 4 rings (SSSR count). The van der Waals surface area contributed by atoms with Gasteiger partial charge >= 0.3 is 0 Å². The molecule has 8 heteroatoms. The Labute approximate surface area is 153 Å². The van der Waals surface area contributed by atoms with Crippen LogP contribution in [-0.2, 0) is 10.0 Å². The molecular weight excluding hydrogens is 352 g/mol. The van der Waals surface area contributed by atoms with Crippen molar-refractivity contribution in [2.24, 2.45) is 5.92 Å². The Morgan fingerprint density at radius 1 is 1.19 bits per heavy atom. The largest absolute Gasteiger partial charge is 0.305 e. The molecule has 0 amide bonds. The first-order valence-electron chi connectivity index (χ1n) is 9.49. The molecule has 7 nitrogen and oxygen atoms in total. The standard InChI is InChI=1S/C18H26N4O3S/c1-11-17-15(9-16(23)19-18(17)21-20-11)13-5-7-14(8-6-13)22-26(24,25)10-12-3-2-4-12/h9,12-14,22H,2-8,10H2,1H3,(H2,19,20,21,23). The lowest BCUT2D eigenvalue weighted by Crippen LogP contribution is -2.40. The number of aromatic amines is 2. The fourth-order valence-corrected chi connectivity index (χ4v) is 6.15. The van der Waals surface area contributed by atoms with Gasteiger partial charge in [-0.3, -0.25) is 9.89 Å². The lowest BCUT2D eigenvalue weighted by molar-refractivity contribution is 0.341. The van der Waals surface area contributed by atoms with E-state index in [0.29, 0.717) is 11.6 Å². The van der Waals surface area contributed by atoms with Gasteiger partial charge in [0.05, 0.1) is 5.75 Å². The van der Waals surface area contributed by atoms with E-state index in [1.54, 1.807) is 6.07 Å². The first-order chi connectivity index (χ1) is 12.4. The number of pyridine rings is 1. The minimum atomic E-state index is -3.18. The first-order valence-corrected chi connectivity index (χ1v) is 11.1. The number of aryl methyl sites for hydroxylation is 1. The van der Waals surface area contributed by atoms with Gasteiger partial charge in [-0.1, -0.05) is 6.42 Å². The fourth-order valence-electron chi connectivity index (χ4n) is 4.36. The number of aromatic nitrogens is 3. The topological polar surface area (TPSA) is 108 Å². The van der Waals surface area contributed by atoms with Crippen LogP contribution in [0.2, 0.25) is 0 Å². The summed E-state index contributed by atoms with van der Waals surface area (Å²) in [5.74, 6) is 0.885. The van der Waals surface area contributed by atoms with E-state index in [1.807, 2.05) is 6.92 Å². The van der Waals surface area contributed by atoms with E-state index in [-0.39, 0.29) is 23.3 Å². The molecule has 0 spiro atoms. The summed E-state index contributed by atoms with van der Waals surface area (Å²) in [5, 5.41) is 8.11. The van der Waals surface area contributed by atoms with E-state index in [2.05, 4.69) is 19.9 Å². The van der Waals surface area contributed by atoms with Crippen LogP contribution < -0.4 is 10.3 Å². The molecule has 3 N–H and O–H groups in total. The summed E-state index contributed by atoms with van der Waals surface area (Å²) < 4.78 is 27.5. The van der Waals surface area contributed by atoms with Gasteiger partial charge < -0.3 is 4.98 Å². The Hall–Kier alpha value is -1.67. The van der Waals surface area contributed by atoms with Crippen LogP contribution in [0.3, 0.4) is 0 Å². The van der Waals surface area contributed by atoms with Crippen molar-refractivity contribution < 1.29 is 8.42 Å². The third-order valence-corrected chi connectivity index (χ3v) is 7.56. The van der Waals surface area contributed by atoms with Crippen LogP contribution >= 0.6 is 0 Å². The molecule has 0 radical (unpaired) electrons. The van der Waals surface area contributed by atoms with Gasteiger partial charge in [0.2, 0.25) is 15.6 Å². The Balaban J connectivity index is 1.44. The molecule has 2 aliphatic rings. The third-order valence-electron chi connectivity index (χ3n) is 5.96. The number of nitrogens with zero attached hydrogens (tertiary/aromatic N) is 1. The highest BCUT2D eigenvalue weighted by molar-refractivity contribution is 7.89. The van der Waals surface area contributed by atoms with Gasteiger partial charge in [-0.05, 0) is 62.8 Å². The SMILES string of the molecule is Cc1[nH]nc2[nH]c(=O)cc(C3CCC(NS(=O)(=O)CC4CCC4)CC3)c12. The van der Waals surface area contributed by atoms with Gasteiger partial charge in [-0.25, -0.2) is 13.1 Å². The number of H-pyrrole nitrogens is 2. The molecule has 0 atom stereocenters. The molecule has 2 fully saturated rings. The summed E-state index contributed by atoms with van der Waals surface area (Å²) >= 11 is 0. The Morgan fingerprint density at radius 2 is 1.92 bits per heavy atom. The zero-order chi connectivity index (χ0) is 18.3. The second-order valence-electron chi connectivity index (χ2n) is 7.91. The predicted octanol–water partition coefficient (Wildman–Crippen LogP) is 2.31. The van der Waals surface area contributed by atoms with Gasteiger partial charge in [0, 0.05) is 23.2 Å². The predicted molar refractivity (Wildman–Crippen MR) is 101 cm³/mol. The van der Waals surface area contributed by atoms with Crippen LogP contribution in [0, 0.1) is 12.8 Å². The van der Waals surface area contributed by atoms with Crippen LogP contribution in [0.5, 0.6) is 0 Å². The van der Waals surface area contributed by atoms with Gasteiger partial charge in [-0.2, -0.15) is 5.10 Å². The van der Waals surface area contributed by atoms with Crippen molar-refractivity contribution in [3.05, 3.63) is 27.7 Å². The van der Waals surface area contributed by atoms with Crippen LogP contribution in [0.15, 0.2) is 10.9 Å². The van der Waals surface area contributed by atoms with E-state index >= 15 is 0 Å². The maximum absolute atomic E-state index is 12.3. The molecule has 0 aromatic carbocycles. The maximum atomic E-state index is 12.3. The van der Waals surface area contributed by atoms with E-state index in [0.717, 1.165) is 61.6 Å². The summed E-state index contributed by atoms with van der Waals surface area (Å²) in [6.07, 6.45) is 6.59. The van der Waals surface area contributed by atoms with Crippen LogP contribution in [0.4, 0.5) is 0 Å². The molecule has 2 saturated carbocycles. The number of sulfonamides is 1. The summed E-state index contributed by atoms with van der Waals surface area (Å²) in [6, 6.07) is 1.69. The number of nitrogens with one attached hydrogen (secondary N) is 3. The summed E-state index contributed by atoms with van der Waals surface area (Å²) in [6.45, 7) is 1.96. The lowest BCUT2D eigenvalue weighted by atomic mass is 9.81. The Bertz CT molecular complexity index is 950. The molecule has 142 valence electrons. The highest BCUT2D eigenvalue weighted by Gasteiger charge is 2.30. The van der Waals surface area contributed by atoms with Gasteiger partial charge in [0.15, 0.2) is 5.65 Å². The number of hydrogen-bond donors (Lipinski definition) is 3. The van der Waals surface area contributed by atoms with Crippen molar-refractivity contribution in [3.8, 4) is 0 Å². The second-order valence-corrected chi connectivity index (χ2v) is 9.70. The van der Waals surface area contributed by atoms with Gasteiger partial charge in [0.25, 0.3) is 0 Å². The number of fused-ring (bicyclic) bond motifs is 1. The summed E-state index contributed by atoms with van der Waals surface area (Å²) in [4.78, 5) is 14.7. The fraction of sp³-hybridized carbons (Fsp3) is 0.667. The quantitative estimate of drug-likeness (QED) is 0.742. The number of rotatable bonds is 5. The smallest absolute Gasteiger partial charge is 0.249 e. The van der Waals surface area contributed by atoms with Gasteiger partial charge in [0.1, 0.15) is 0 Å². The monoisotopic (exact) mass is 378 g/mol. The lowest BCUT2D eigenvalue weighted by Gasteiger charge is -2.31. The highest BCUT2D eigenvalue weighted by atomic mass is 32.2. The molecule has 2 aliphatic carbocycles. The van der Waals surface area contributed by atoms with Crippen molar-refractivity contribution >= 4 is 21.1 Å². The van der Waals surface area contributed by atoms with Crippen LogP contribution in [-0.4, -0.2) is 35.4 Å². The maximum Gasteiger partial charge on any atom is 0.249 e. The van der Waals surface area contributed by atoms with Crippen LogP contribution in [0.1, 0.15) is 62.1 Å². The Morgan fingerprint density at radius 3 is 2.58 bits per heavy atom. The third kappa shape index (κ3) is 3.57. The van der Waals surface area contributed by atoms with Crippen molar-refractivity contribution in [2.45, 2.75) is 63.8 Å². The molecular formula is C18H26N4O3S. The molecule has 2 heterocycles.